The molecule has 0 aliphatic rings. The average molecular weight is 235 g/mol. The third-order valence-electron chi connectivity index (χ3n) is 2.41. The summed E-state index contributed by atoms with van der Waals surface area (Å²) in [5.74, 6) is -2.14. The highest BCUT2D eigenvalue weighted by Crippen LogP contribution is 2.18. The van der Waals surface area contributed by atoms with E-state index in [2.05, 4.69) is 10.1 Å². The number of benzene rings is 1. The van der Waals surface area contributed by atoms with Gasteiger partial charge in [-0.3, -0.25) is 9.48 Å². The van der Waals surface area contributed by atoms with E-state index in [1.54, 1.807) is 0 Å². The Bertz CT molecular complexity index is 496. The molecular formula is C11H10FN3O2. The van der Waals surface area contributed by atoms with Gasteiger partial charge in [-0.2, -0.15) is 5.10 Å². The zero-order chi connectivity index (χ0) is 12.3. The fourth-order valence-corrected chi connectivity index (χ4v) is 1.54. The van der Waals surface area contributed by atoms with Crippen LogP contribution in [0.5, 0.6) is 0 Å². The molecular weight excluding hydrogens is 225 g/mol. The van der Waals surface area contributed by atoms with Crippen LogP contribution in [0.2, 0.25) is 0 Å². The molecule has 1 unspecified atom stereocenters. The third-order valence-corrected chi connectivity index (χ3v) is 2.41. The number of carboxylic acid groups (broad SMARTS) is 1. The van der Waals surface area contributed by atoms with Crippen LogP contribution in [0, 0.1) is 5.82 Å². The average Bonchev–Trinajstić information content (AvgIpc) is 2.80. The maximum absolute atomic E-state index is 12.8. The van der Waals surface area contributed by atoms with Crippen molar-refractivity contribution in [1.29, 1.82) is 0 Å². The highest BCUT2D eigenvalue weighted by molar-refractivity contribution is 5.75. The molecule has 0 bridgehead atoms. The fraction of sp³-hybridized carbons (Fsp3) is 0.182. The van der Waals surface area contributed by atoms with Gasteiger partial charge in [0.05, 0.1) is 6.54 Å². The van der Waals surface area contributed by atoms with Gasteiger partial charge in [-0.05, 0) is 17.7 Å². The summed E-state index contributed by atoms with van der Waals surface area (Å²) in [5, 5.41) is 13.0. The maximum Gasteiger partial charge on any atom is 0.312 e. The van der Waals surface area contributed by atoms with E-state index in [-0.39, 0.29) is 6.54 Å². The van der Waals surface area contributed by atoms with Crippen molar-refractivity contribution in [3.63, 3.8) is 0 Å². The molecule has 0 amide bonds. The lowest BCUT2D eigenvalue weighted by Crippen LogP contribution is -2.18. The van der Waals surface area contributed by atoms with E-state index in [4.69, 9.17) is 5.11 Å². The van der Waals surface area contributed by atoms with Crippen LogP contribution >= 0.6 is 0 Å². The van der Waals surface area contributed by atoms with Gasteiger partial charge >= 0.3 is 5.97 Å². The van der Waals surface area contributed by atoms with Gasteiger partial charge in [0.1, 0.15) is 24.4 Å². The molecule has 0 spiro atoms. The Balaban J connectivity index is 2.23. The van der Waals surface area contributed by atoms with Crippen molar-refractivity contribution in [2.45, 2.75) is 12.5 Å². The molecule has 1 heterocycles. The van der Waals surface area contributed by atoms with E-state index in [9.17, 15) is 9.18 Å². The number of hydrogen-bond donors (Lipinski definition) is 1. The number of carboxylic acids is 1. The minimum atomic E-state index is -0.980. The maximum atomic E-state index is 12.8. The lowest BCUT2D eigenvalue weighted by atomic mass is 9.99. The molecule has 1 aromatic carbocycles. The zero-order valence-corrected chi connectivity index (χ0v) is 8.82. The van der Waals surface area contributed by atoms with Crippen LogP contribution in [0.3, 0.4) is 0 Å². The van der Waals surface area contributed by atoms with Crippen molar-refractivity contribution >= 4 is 5.97 Å². The molecule has 88 valence electrons. The molecule has 2 aromatic rings. The first-order chi connectivity index (χ1) is 8.16. The summed E-state index contributed by atoms with van der Waals surface area (Å²) in [7, 11) is 0. The van der Waals surface area contributed by atoms with Crippen LogP contribution in [0.1, 0.15) is 11.5 Å². The normalized spacial score (nSPS) is 12.3. The first-order valence-corrected chi connectivity index (χ1v) is 4.97. The largest absolute Gasteiger partial charge is 0.481 e. The fourth-order valence-electron chi connectivity index (χ4n) is 1.54. The Hall–Kier alpha value is -2.24. The first-order valence-electron chi connectivity index (χ1n) is 4.97. The third kappa shape index (κ3) is 2.66. The predicted octanol–water partition coefficient (Wildman–Crippen LogP) is 1.29. The van der Waals surface area contributed by atoms with Crippen LogP contribution in [-0.4, -0.2) is 25.8 Å². The van der Waals surface area contributed by atoms with Crippen LogP contribution in [0.25, 0.3) is 0 Å². The number of aromatic nitrogens is 3. The predicted molar refractivity (Wildman–Crippen MR) is 56.8 cm³/mol. The molecule has 5 nitrogen and oxygen atoms in total. The summed E-state index contributed by atoms with van der Waals surface area (Å²) < 4.78 is 14.2. The molecule has 2 rings (SSSR count). The van der Waals surface area contributed by atoms with E-state index < -0.39 is 17.7 Å². The monoisotopic (exact) mass is 235 g/mol. The molecule has 0 fully saturated rings. The number of nitrogens with zero attached hydrogens (tertiary/aromatic N) is 3. The molecule has 0 aliphatic carbocycles. The van der Waals surface area contributed by atoms with Crippen LogP contribution in [-0.2, 0) is 11.3 Å². The quantitative estimate of drug-likeness (QED) is 0.866. The number of carbonyl (C=O) groups is 1. The Morgan fingerprint density at radius 2 is 2.12 bits per heavy atom. The lowest BCUT2D eigenvalue weighted by molar-refractivity contribution is -0.139. The molecule has 1 aromatic heterocycles. The van der Waals surface area contributed by atoms with Crippen LogP contribution in [0.4, 0.5) is 4.39 Å². The standard InChI is InChI=1S/C11H10FN3O2/c12-9-3-1-8(2-4-9)10(11(16)17)5-15-7-13-6-14-15/h1-4,6-7,10H,5H2,(H,16,17). The van der Waals surface area contributed by atoms with Gasteiger partial charge in [-0.1, -0.05) is 12.1 Å². The van der Waals surface area contributed by atoms with Gasteiger partial charge in [0.15, 0.2) is 0 Å². The number of halogens is 1. The number of hydrogen-bond acceptors (Lipinski definition) is 3. The van der Waals surface area contributed by atoms with Gasteiger partial charge in [0, 0.05) is 0 Å². The van der Waals surface area contributed by atoms with E-state index in [0.29, 0.717) is 5.56 Å². The highest BCUT2D eigenvalue weighted by Gasteiger charge is 2.20. The second-order valence-corrected chi connectivity index (χ2v) is 3.56. The summed E-state index contributed by atoms with van der Waals surface area (Å²) in [4.78, 5) is 14.9. The molecule has 6 heteroatoms. The van der Waals surface area contributed by atoms with Crippen molar-refractivity contribution in [3.05, 3.63) is 48.3 Å². The second-order valence-electron chi connectivity index (χ2n) is 3.56. The van der Waals surface area contributed by atoms with Crippen molar-refractivity contribution in [3.8, 4) is 0 Å². The van der Waals surface area contributed by atoms with Crippen LogP contribution in [0.15, 0.2) is 36.9 Å². The van der Waals surface area contributed by atoms with Crippen molar-refractivity contribution in [2.24, 2.45) is 0 Å². The topological polar surface area (TPSA) is 68.0 Å². The minimum Gasteiger partial charge on any atom is -0.481 e. The summed E-state index contributed by atoms with van der Waals surface area (Å²) in [6.45, 7) is 0.168. The van der Waals surface area contributed by atoms with Gasteiger partial charge in [0.2, 0.25) is 0 Å². The van der Waals surface area contributed by atoms with Gasteiger partial charge < -0.3 is 5.11 Å². The van der Waals surface area contributed by atoms with Crippen molar-refractivity contribution in [2.75, 3.05) is 0 Å². The Labute approximate surface area is 96.5 Å². The smallest absolute Gasteiger partial charge is 0.312 e. The highest BCUT2D eigenvalue weighted by atomic mass is 19.1. The summed E-state index contributed by atoms with van der Waals surface area (Å²) in [6, 6.07) is 5.41. The molecule has 0 radical (unpaired) electrons. The molecule has 1 N–H and O–H groups in total. The van der Waals surface area contributed by atoms with E-state index in [0.717, 1.165) is 0 Å². The van der Waals surface area contributed by atoms with E-state index in [1.807, 2.05) is 0 Å². The number of rotatable bonds is 4. The summed E-state index contributed by atoms with van der Waals surface area (Å²) in [6.07, 6.45) is 2.78. The van der Waals surface area contributed by atoms with E-state index >= 15 is 0 Å². The Morgan fingerprint density at radius 1 is 1.41 bits per heavy atom. The zero-order valence-electron chi connectivity index (χ0n) is 8.82. The Kier molecular flexibility index (Phi) is 3.13. The molecule has 17 heavy (non-hydrogen) atoms. The Morgan fingerprint density at radius 3 is 2.65 bits per heavy atom. The first kappa shape index (κ1) is 11.3. The van der Waals surface area contributed by atoms with Crippen molar-refractivity contribution < 1.29 is 14.3 Å². The number of aliphatic carboxylic acids is 1. The van der Waals surface area contributed by atoms with Gasteiger partial charge in [0.25, 0.3) is 0 Å². The lowest BCUT2D eigenvalue weighted by Gasteiger charge is -2.12. The second kappa shape index (κ2) is 4.73. The SMILES string of the molecule is O=C(O)C(Cn1cncn1)c1ccc(F)cc1. The molecule has 0 aliphatic heterocycles. The van der Waals surface area contributed by atoms with Crippen molar-refractivity contribution in [1.82, 2.24) is 14.8 Å². The van der Waals surface area contributed by atoms with E-state index in [1.165, 1.54) is 41.6 Å². The van der Waals surface area contributed by atoms with Gasteiger partial charge in [-0.25, -0.2) is 9.37 Å². The minimum absolute atomic E-state index is 0.168. The summed E-state index contributed by atoms with van der Waals surface area (Å²) in [5.41, 5.74) is 0.536. The van der Waals surface area contributed by atoms with Gasteiger partial charge in [-0.15, -0.1) is 0 Å². The van der Waals surface area contributed by atoms with Crippen LogP contribution < -0.4 is 0 Å². The molecule has 0 saturated carbocycles. The molecule has 0 saturated heterocycles. The summed E-state index contributed by atoms with van der Waals surface area (Å²) >= 11 is 0. The molecule has 1 atom stereocenters.